The SMILES string of the molecule is CC(=O)O.Cc1cnc2n1-c1ccc(F)cc1C(c1ccc[nH]1)=NC2O. The minimum atomic E-state index is -1.11. The lowest BCUT2D eigenvalue weighted by Gasteiger charge is -2.12. The number of fused-ring (bicyclic) bond motifs is 3. The van der Waals surface area contributed by atoms with Gasteiger partial charge in [-0.1, -0.05) is 0 Å². The van der Waals surface area contributed by atoms with E-state index in [2.05, 4.69) is 15.0 Å². The fourth-order valence-corrected chi connectivity index (χ4v) is 2.79. The Kier molecular flexibility index (Phi) is 4.68. The fourth-order valence-electron chi connectivity index (χ4n) is 2.79. The molecule has 26 heavy (non-hydrogen) atoms. The van der Waals surface area contributed by atoms with Crippen LogP contribution in [0.15, 0.2) is 47.7 Å². The lowest BCUT2D eigenvalue weighted by Crippen LogP contribution is -2.08. The number of imidazole rings is 1. The summed E-state index contributed by atoms with van der Waals surface area (Å²) in [7, 11) is 0. The number of carboxylic acid groups (broad SMARTS) is 1. The van der Waals surface area contributed by atoms with E-state index in [0.29, 0.717) is 22.8 Å². The van der Waals surface area contributed by atoms with Gasteiger partial charge in [-0.25, -0.2) is 14.4 Å². The number of rotatable bonds is 1. The number of H-pyrrole nitrogens is 1. The van der Waals surface area contributed by atoms with E-state index in [1.54, 1.807) is 23.0 Å². The number of aromatic amines is 1. The van der Waals surface area contributed by atoms with Gasteiger partial charge in [0.2, 0.25) is 6.23 Å². The van der Waals surface area contributed by atoms with Gasteiger partial charge in [-0.05, 0) is 37.3 Å². The maximum Gasteiger partial charge on any atom is 0.300 e. The van der Waals surface area contributed by atoms with Crippen LogP contribution in [0.2, 0.25) is 0 Å². The number of hydrogen-bond donors (Lipinski definition) is 3. The molecule has 0 saturated heterocycles. The number of carboxylic acids is 1. The lowest BCUT2D eigenvalue weighted by molar-refractivity contribution is -0.134. The van der Waals surface area contributed by atoms with Crippen molar-refractivity contribution in [3.63, 3.8) is 0 Å². The van der Waals surface area contributed by atoms with Crippen molar-refractivity contribution in [3.8, 4) is 5.69 Å². The van der Waals surface area contributed by atoms with Crippen LogP contribution >= 0.6 is 0 Å². The van der Waals surface area contributed by atoms with Gasteiger partial charge in [0.05, 0.1) is 17.1 Å². The van der Waals surface area contributed by atoms with Gasteiger partial charge in [0.1, 0.15) is 5.82 Å². The number of aryl methyl sites for hydroxylation is 1. The molecule has 0 radical (unpaired) electrons. The summed E-state index contributed by atoms with van der Waals surface area (Å²) in [5, 5.41) is 17.8. The molecule has 1 aliphatic heterocycles. The highest BCUT2D eigenvalue weighted by Crippen LogP contribution is 2.30. The Labute approximate surface area is 148 Å². The summed E-state index contributed by atoms with van der Waals surface area (Å²) in [6.45, 7) is 2.97. The summed E-state index contributed by atoms with van der Waals surface area (Å²) < 4.78 is 15.6. The van der Waals surface area contributed by atoms with Gasteiger partial charge in [-0.3, -0.25) is 9.36 Å². The number of carbonyl (C=O) groups is 1. The zero-order valence-corrected chi connectivity index (χ0v) is 14.1. The number of aliphatic hydroxyl groups is 1. The first-order valence-corrected chi connectivity index (χ1v) is 7.82. The van der Waals surface area contributed by atoms with Crippen molar-refractivity contribution < 1.29 is 19.4 Å². The van der Waals surface area contributed by atoms with Gasteiger partial charge in [0.15, 0.2) is 5.82 Å². The molecule has 134 valence electrons. The third-order valence-corrected chi connectivity index (χ3v) is 3.76. The number of hydrogen-bond acceptors (Lipinski definition) is 4. The van der Waals surface area contributed by atoms with Gasteiger partial charge in [0, 0.05) is 30.6 Å². The topological polar surface area (TPSA) is 104 Å². The number of nitrogens with one attached hydrogen (secondary N) is 1. The van der Waals surface area contributed by atoms with Crippen molar-refractivity contribution >= 4 is 11.7 Å². The van der Waals surface area contributed by atoms with Gasteiger partial charge in [-0.15, -0.1) is 0 Å². The number of halogens is 1. The third kappa shape index (κ3) is 3.27. The molecule has 3 heterocycles. The predicted molar refractivity (Wildman–Crippen MR) is 93.0 cm³/mol. The van der Waals surface area contributed by atoms with Crippen molar-refractivity contribution in [1.29, 1.82) is 0 Å². The standard InChI is InChI=1S/C16H13FN4O.C2H4O2/c1-9-8-19-15-16(22)20-14(12-3-2-6-18-12)11-7-10(17)4-5-13(11)21(9)15;1-2(3)4/h2-8,16,18,22H,1H3;1H3,(H,3,4). The average molecular weight is 356 g/mol. The maximum atomic E-state index is 13.8. The van der Waals surface area contributed by atoms with Crippen LogP contribution in [0.4, 0.5) is 4.39 Å². The van der Waals surface area contributed by atoms with Gasteiger partial charge in [0.25, 0.3) is 5.97 Å². The minimum Gasteiger partial charge on any atom is -0.481 e. The van der Waals surface area contributed by atoms with Crippen LogP contribution in [0.25, 0.3) is 5.69 Å². The smallest absolute Gasteiger partial charge is 0.300 e. The molecule has 0 bridgehead atoms. The second kappa shape index (κ2) is 6.93. The summed E-state index contributed by atoms with van der Waals surface area (Å²) in [4.78, 5) is 20.6. The van der Waals surface area contributed by atoms with Crippen LogP contribution in [0.5, 0.6) is 0 Å². The van der Waals surface area contributed by atoms with Crippen LogP contribution in [0.3, 0.4) is 0 Å². The second-order valence-corrected chi connectivity index (χ2v) is 5.71. The van der Waals surface area contributed by atoms with E-state index in [-0.39, 0.29) is 5.82 Å². The molecule has 0 aliphatic carbocycles. The zero-order valence-electron chi connectivity index (χ0n) is 14.1. The predicted octanol–water partition coefficient (Wildman–Crippen LogP) is 2.58. The largest absolute Gasteiger partial charge is 0.481 e. The molecule has 2 aromatic heterocycles. The first-order valence-electron chi connectivity index (χ1n) is 7.82. The Bertz CT molecular complexity index is 972. The molecule has 0 amide bonds. The second-order valence-electron chi connectivity index (χ2n) is 5.71. The average Bonchev–Trinajstić information content (AvgIpc) is 3.19. The number of aliphatic imine (C=N–C) groups is 1. The summed E-state index contributed by atoms with van der Waals surface area (Å²) in [6, 6.07) is 8.17. The number of nitrogens with zero attached hydrogens (tertiary/aromatic N) is 3. The Hall–Kier alpha value is -3.26. The molecule has 1 atom stereocenters. The summed E-state index contributed by atoms with van der Waals surface area (Å²) in [5.74, 6) is -0.763. The maximum absolute atomic E-state index is 13.8. The van der Waals surface area contributed by atoms with Crippen molar-refractivity contribution in [1.82, 2.24) is 14.5 Å². The molecule has 0 spiro atoms. The normalized spacial score (nSPS) is 15.1. The zero-order chi connectivity index (χ0) is 18.8. The summed E-state index contributed by atoms with van der Waals surface area (Å²) >= 11 is 0. The van der Waals surface area contributed by atoms with Crippen LogP contribution in [-0.2, 0) is 4.79 Å². The molecular formula is C18H17FN4O3. The molecular weight excluding hydrogens is 339 g/mol. The Morgan fingerprint density at radius 2 is 2.08 bits per heavy atom. The molecule has 7 nitrogen and oxygen atoms in total. The van der Waals surface area contributed by atoms with Crippen molar-refractivity contribution in [3.05, 3.63) is 71.3 Å². The summed E-state index contributed by atoms with van der Waals surface area (Å²) in [5.41, 5.74) is 3.44. The Morgan fingerprint density at radius 3 is 2.73 bits per heavy atom. The minimum absolute atomic E-state index is 0.353. The summed E-state index contributed by atoms with van der Waals surface area (Å²) in [6.07, 6.45) is 2.32. The van der Waals surface area contributed by atoms with Gasteiger partial charge < -0.3 is 15.2 Å². The fraction of sp³-hybridized carbons (Fsp3) is 0.167. The first-order chi connectivity index (χ1) is 12.4. The van der Waals surface area contributed by atoms with E-state index in [0.717, 1.165) is 18.3 Å². The number of aromatic nitrogens is 3. The van der Waals surface area contributed by atoms with Gasteiger partial charge in [-0.2, -0.15) is 0 Å². The number of aliphatic carboxylic acids is 1. The number of aliphatic hydroxyl groups excluding tert-OH is 1. The lowest BCUT2D eigenvalue weighted by atomic mass is 10.0. The van der Waals surface area contributed by atoms with E-state index in [4.69, 9.17) is 9.90 Å². The quantitative estimate of drug-likeness (QED) is 0.623. The van der Waals surface area contributed by atoms with Gasteiger partial charge >= 0.3 is 0 Å². The molecule has 0 fully saturated rings. The van der Waals surface area contributed by atoms with E-state index in [1.165, 1.54) is 12.1 Å². The Balaban J connectivity index is 0.000000447. The van der Waals surface area contributed by atoms with Crippen LogP contribution in [-0.4, -0.2) is 36.4 Å². The Morgan fingerprint density at radius 1 is 1.35 bits per heavy atom. The molecule has 3 N–H and O–H groups in total. The van der Waals surface area contributed by atoms with E-state index in [1.807, 2.05) is 19.1 Å². The van der Waals surface area contributed by atoms with Crippen LogP contribution in [0, 0.1) is 12.7 Å². The van der Waals surface area contributed by atoms with Crippen molar-refractivity contribution in [2.75, 3.05) is 0 Å². The molecule has 4 rings (SSSR count). The van der Waals surface area contributed by atoms with Crippen LogP contribution < -0.4 is 0 Å². The molecule has 8 heteroatoms. The molecule has 1 aliphatic rings. The highest BCUT2D eigenvalue weighted by Gasteiger charge is 2.26. The third-order valence-electron chi connectivity index (χ3n) is 3.76. The molecule has 3 aromatic rings. The van der Waals surface area contributed by atoms with Crippen LogP contribution in [0.1, 0.15) is 35.9 Å². The van der Waals surface area contributed by atoms with E-state index in [9.17, 15) is 9.50 Å². The molecule has 1 unspecified atom stereocenters. The molecule has 0 saturated carbocycles. The van der Waals surface area contributed by atoms with E-state index < -0.39 is 12.2 Å². The van der Waals surface area contributed by atoms with Crippen molar-refractivity contribution in [2.45, 2.75) is 20.1 Å². The molecule has 1 aromatic carbocycles. The highest BCUT2D eigenvalue weighted by molar-refractivity contribution is 6.14. The van der Waals surface area contributed by atoms with E-state index >= 15 is 0 Å². The first kappa shape index (κ1) is 17.6. The number of benzene rings is 1. The van der Waals surface area contributed by atoms with Crippen molar-refractivity contribution in [2.24, 2.45) is 4.99 Å². The monoisotopic (exact) mass is 356 g/mol. The highest BCUT2D eigenvalue weighted by atomic mass is 19.1.